The fourth-order valence-corrected chi connectivity index (χ4v) is 0.321. The van der Waals surface area contributed by atoms with Gasteiger partial charge in [0.05, 0.1) is 0 Å². The summed E-state index contributed by atoms with van der Waals surface area (Å²) in [5.41, 5.74) is 0. The van der Waals surface area contributed by atoms with Crippen molar-refractivity contribution in [1.29, 1.82) is 0 Å². The van der Waals surface area contributed by atoms with Crippen LogP contribution in [0.3, 0.4) is 0 Å². The van der Waals surface area contributed by atoms with Gasteiger partial charge in [-0.3, -0.25) is 0 Å². The van der Waals surface area contributed by atoms with Gasteiger partial charge in [0.1, 0.15) is 0 Å². The van der Waals surface area contributed by atoms with Crippen molar-refractivity contribution in [3.63, 3.8) is 0 Å². The molecule has 1 radical (unpaired) electrons. The summed E-state index contributed by atoms with van der Waals surface area (Å²) in [6.07, 6.45) is 0. The summed E-state index contributed by atoms with van der Waals surface area (Å²) in [6, 6.07) is 10.0. The molecule has 0 amide bonds. The standard InChI is InChI=1S/C5H5.C2H7Si.2ClH.Ti/c1-2-4-5-3-1;1-3-2;;;/h1-5H;3H,1-2H3;2*1H;/q-1;;;;+2/p-2. The second-order valence-electron chi connectivity index (χ2n) is 1.61. The minimum Gasteiger partial charge on any atom is -0.214 e. The Morgan fingerprint density at radius 3 is 1.55 bits per heavy atom. The van der Waals surface area contributed by atoms with Crippen molar-refractivity contribution >= 4 is 28.1 Å². The first-order valence-corrected chi connectivity index (χ1v) is 9.81. The predicted molar refractivity (Wildman–Crippen MR) is 52.6 cm³/mol. The maximum Gasteiger partial charge on any atom is -0.172 e. The largest absolute Gasteiger partial charge is 0.214 e. The van der Waals surface area contributed by atoms with E-state index in [-0.39, 0.29) is 0 Å². The normalized spacial score (nSPS) is 6.55. The molecular formula is C7H12Cl2SiTi-. The Bertz CT molecular complexity index is 92.0. The number of hydrogen-bond donors (Lipinski definition) is 0. The van der Waals surface area contributed by atoms with Crippen molar-refractivity contribution < 1.29 is 17.0 Å². The first-order chi connectivity index (χ1) is 5.33. The Morgan fingerprint density at radius 1 is 1.18 bits per heavy atom. The van der Waals surface area contributed by atoms with Gasteiger partial charge in [-0.15, -0.1) is 0 Å². The van der Waals surface area contributed by atoms with Crippen LogP contribution in [0.4, 0.5) is 0 Å². The van der Waals surface area contributed by atoms with Crippen LogP contribution in [-0.4, -0.2) is 9.52 Å². The van der Waals surface area contributed by atoms with E-state index in [1.165, 1.54) is 0 Å². The van der Waals surface area contributed by atoms with Crippen LogP contribution in [0, 0.1) is 0 Å². The molecule has 0 aliphatic carbocycles. The molecule has 0 unspecified atom stereocenters. The van der Waals surface area contributed by atoms with E-state index >= 15 is 0 Å². The molecule has 63 valence electrons. The van der Waals surface area contributed by atoms with Gasteiger partial charge in [-0.25, -0.2) is 12.1 Å². The summed E-state index contributed by atoms with van der Waals surface area (Å²) in [6.45, 7) is 4.42. The zero-order valence-electron chi connectivity index (χ0n) is 6.72. The molecule has 0 saturated heterocycles. The van der Waals surface area contributed by atoms with Crippen molar-refractivity contribution in [1.82, 2.24) is 0 Å². The van der Waals surface area contributed by atoms with E-state index < -0.39 is 17.0 Å². The van der Waals surface area contributed by atoms with Crippen LogP contribution in [-0.2, 0) is 17.0 Å². The Balaban J connectivity index is 0. The molecule has 0 bridgehead atoms. The quantitative estimate of drug-likeness (QED) is 0.484. The molecule has 0 heterocycles. The average molecular weight is 243 g/mol. The van der Waals surface area contributed by atoms with E-state index in [1.54, 1.807) is 0 Å². The fraction of sp³-hybridized carbons (Fsp3) is 0.286. The van der Waals surface area contributed by atoms with Gasteiger partial charge in [0.25, 0.3) is 0 Å². The summed E-state index contributed by atoms with van der Waals surface area (Å²) in [7, 11) is 10.5. The molecule has 4 heteroatoms. The van der Waals surface area contributed by atoms with Crippen molar-refractivity contribution in [3.8, 4) is 0 Å². The number of halogens is 2. The topological polar surface area (TPSA) is 0 Å². The summed E-state index contributed by atoms with van der Waals surface area (Å²) in [5.74, 6) is 0. The van der Waals surface area contributed by atoms with E-state index in [9.17, 15) is 0 Å². The molecule has 1 rings (SSSR count). The SMILES string of the molecule is C[SiH]C.[Cl][Ti][Cl].c1cc[cH-]c1. The van der Waals surface area contributed by atoms with E-state index in [0.717, 1.165) is 9.52 Å². The molecular weight excluding hydrogens is 231 g/mol. The van der Waals surface area contributed by atoms with Crippen molar-refractivity contribution in [2.45, 2.75) is 13.1 Å². The molecule has 0 atom stereocenters. The Morgan fingerprint density at radius 2 is 1.45 bits per heavy atom. The zero-order chi connectivity index (χ0) is 8.95. The molecule has 0 spiro atoms. The minimum atomic E-state index is -0.556. The van der Waals surface area contributed by atoms with Crippen molar-refractivity contribution in [3.05, 3.63) is 30.3 Å². The fourth-order valence-electron chi connectivity index (χ4n) is 0.321. The zero-order valence-corrected chi connectivity index (χ0v) is 10.9. The van der Waals surface area contributed by atoms with Gasteiger partial charge in [0, 0.05) is 9.52 Å². The third kappa shape index (κ3) is 24.8. The van der Waals surface area contributed by atoms with Gasteiger partial charge >= 0.3 is 35.6 Å². The Hall–Kier alpha value is 0.861. The van der Waals surface area contributed by atoms with E-state index in [2.05, 4.69) is 13.1 Å². The van der Waals surface area contributed by atoms with Gasteiger partial charge in [-0.1, -0.05) is 13.1 Å². The second-order valence-corrected chi connectivity index (χ2v) is 5.34. The third-order valence-electron chi connectivity index (χ3n) is 0.556. The molecule has 11 heavy (non-hydrogen) atoms. The molecule has 0 N–H and O–H groups in total. The van der Waals surface area contributed by atoms with Crippen LogP contribution in [0.2, 0.25) is 13.1 Å². The van der Waals surface area contributed by atoms with Crippen LogP contribution in [0.1, 0.15) is 0 Å². The van der Waals surface area contributed by atoms with E-state index in [0.29, 0.717) is 0 Å². The molecule has 0 aliphatic heterocycles. The monoisotopic (exact) mass is 242 g/mol. The van der Waals surface area contributed by atoms with Gasteiger partial charge < -0.3 is 0 Å². The second kappa shape index (κ2) is 17.1. The van der Waals surface area contributed by atoms with Crippen LogP contribution in [0.25, 0.3) is 0 Å². The Kier molecular flexibility index (Phi) is 22.4. The summed E-state index contributed by atoms with van der Waals surface area (Å²) < 4.78 is 0. The van der Waals surface area contributed by atoms with Gasteiger partial charge in [0.2, 0.25) is 0 Å². The summed E-state index contributed by atoms with van der Waals surface area (Å²) >= 11 is -0.556. The first-order valence-electron chi connectivity index (χ1n) is 3.20. The average Bonchev–Trinajstić information content (AvgIpc) is 2.44. The van der Waals surface area contributed by atoms with Crippen LogP contribution >= 0.6 is 18.6 Å². The van der Waals surface area contributed by atoms with Crippen molar-refractivity contribution in [2.24, 2.45) is 0 Å². The number of hydrogen-bond acceptors (Lipinski definition) is 0. The minimum absolute atomic E-state index is 0.556. The van der Waals surface area contributed by atoms with Crippen molar-refractivity contribution in [2.75, 3.05) is 0 Å². The molecule has 0 fully saturated rings. The van der Waals surface area contributed by atoms with Crippen LogP contribution in [0.15, 0.2) is 30.3 Å². The van der Waals surface area contributed by atoms with Crippen LogP contribution in [0.5, 0.6) is 0 Å². The molecule has 0 nitrogen and oxygen atoms in total. The maximum absolute atomic E-state index is 4.89. The Labute approximate surface area is 88.2 Å². The molecule has 1 aromatic rings. The third-order valence-corrected chi connectivity index (χ3v) is 0.556. The molecule has 0 aliphatic rings. The number of rotatable bonds is 0. The molecule has 0 saturated carbocycles. The van der Waals surface area contributed by atoms with Gasteiger partial charge in [0.15, 0.2) is 0 Å². The molecule has 0 aromatic heterocycles. The van der Waals surface area contributed by atoms with Gasteiger partial charge in [-0.2, -0.15) is 18.2 Å². The maximum atomic E-state index is 4.89. The van der Waals surface area contributed by atoms with Crippen LogP contribution < -0.4 is 0 Å². The predicted octanol–water partition coefficient (Wildman–Crippen LogP) is 3.30. The summed E-state index contributed by atoms with van der Waals surface area (Å²) in [4.78, 5) is 0. The van der Waals surface area contributed by atoms with E-state index in [4.69, 9.17) is 18.6 Å². The molecule has 1 aromatic carbocycles. The smallest absolute Gasteiger partial charge is 0.172 e. The summed E-state index contributed by atoms with van der Waals surface area (Å²) in [5, 5.41) is 0. The first kappa shape index (κ1) is 14.4. The van der Waals surface area contributed by atoms with Gasteiger partial charge in [-0.05, 0) is 0 Å². The van der Waals surface area contributed by atoms with E-state index in [1.807, 2.05) is 30.3 Å².